The van der Waals surface area contributed by atoms with Gasteiger partial charge in [0, 0.05) is 16.7 Å². The molecule has 2 aromatic carbocycles. The number of carbonyl (C=O) groups is 1. The van der Waals surface area contributed by atoms with E-state index in [-0.39, 0.29) is 11.9 Å². The Bertz CT molecular complexity index is 613. The Morgan fingerprint density at radius 3 is 2.57 bits per heavy atom. The van der Waals surface area contributed by atoms with E-state index >= 15 is 0 Å². The van der Waals surface area contributed by atoms with E-state index in [2.05, 4.69) is 21.2 Å². The maximum Gasteiger partial charge on any atom is 0.314 e. The highest BCUT2D eigenvalue weighted by atomic mass is 79.9. The van der Waals surface area contributed by atoms with E-state index < -0.39 is 0 Å². The van der Waals surface area contributed by atoms with Crippen molar-refractivity contribution in [1.82, 2.24) is 0 Å². The van der Waals surface area contributed by atoms with Gasteiger partial charge in [-0.2, -0.15) is 0 Å². The lowest BCUT2D eigenvalue weighted by atomic mass is 9.99. The number of rotatable bonds is 5. The second-order valence-electron chi connectivity index (χ2n) is 4.85. The summed E-state index contributed by atoms with van der Waals surface area (Å²) in [6.45, 7) is 2.52. The molecule has 0 radical (unpaired) electrons. The van der Waals surface area contributed by atoms with Gasteiger partial charge in [0.15, 0.2) is 0 Å². The molecule has 0 amide bonds. The first-order valence-electron chi connectivity index (χ1n) is 6.74. The van der Waals surface area contributed by atoms with Crippen LogP contribution in [0.2, 0.25) is 0 Å². The second kappa shape index (κ2) is 7.27. The SMILES string of the molecule is COC(=O)C(CNc1ccc(C)cc1Br)c1ccccc1. The average Bonchev–Trinajstić information content (AvgIpc) is 2.50. The minimum absolute atomic E-state index is 0.239. The number of hydrogen-bond donors (Lipinski definition) is 1. The second-order valence-corrected chi connectivity index (χ2v) is 5.70. The van der Waals surface area contributed by atoms with E-state index in [1.54, 1.807) is 0 Å². The van der Waals surface area contributed by atoms with Crippen LogP contribution in [0.1, 0.15) is 17.0 Å². The highest BCUT2D eigenvalue weighted by molar-refractivity contribution is 9.10. The Kier molecular flexibility index (Phi) is 5.39. The topological polar surface area (TPSA) is 38.3 Å². The number of carbonyl (C=O) groups excluding carboxylic acids is 1. The lowest BCUT2D eigenvalue weighted by molar-refractivity contribution is -0.142. The Labute approximate surface area is 133 Å². The molecule has 2 aromatic rings. The third-order valence-electron chi connectivity index (χ3n) is 3.31. The fraction of sp³-hybridized carbons (Fsp3) is 0.235. The lowest BCUT2D eigenvalue weighted by Crippen LogP contribution is -2.22. The molecule has 0 saturated heterocycles. The first kappa shape index (κ1) is 15.6. The van der Waals surface area contributed by atoms with Gasteiger partial charge in [0.2, 0.25) is 0 Å². The van der Waals surface area contributed by atoms with Crippen molar-refractivity contribution in [3.05, 3.63) is 64.1 Å². The van der Waals surface area contributed by atoms with E-state index in [0.717, 1.165) is 15.7 Å². The van der Waals surface area contributed by atoms with Crippen LogP contribution in [0.15, 0.2) is 53.0 Å². The van der Waals surface area contributed by atoms with Crippen LogP contribution in [0, 0.1) is 6.92 Å². The summed E-state index contributed by atoms with van der Waals surface area (Å²) >= 11 is 3.53. The van der Waals surface area contributed by atoms with Crippen LogP contribution in [0.5, 0.6) is 0 Å². The number of aryl methyl sites for hydroxylation is 1. The number of ether oxygens (including phenoxy) is 1. The first-order valence-corrected chi connectivity index (χ1v) is 7.54. The average molecular weight is 348 g/mol. The standard InChI is InChI=1S/C17H18BrNO2/c1-12-8-9-16(15(18)10-12)19-11-14(17(20)21-2)13-6-4-3-5-7-13/h3-10,14,19H,11H2,1-2H3. The van der Waals surface area contributed by atoms with E-state index in [1.807, 2.05) is 55.5 Å². The number of hydrogen-bond acceptors (Lipinski definition) is 3. The maximum absolute atomic E-state index is 12.0. The smallest absolute Gasteiger partial charge is 0.314 e. The summed E-state index contributed by atoms with van der Waals surface area (Å²) in [6.07, 6.45) is 0. The first-order chi connectivity index (χ1) is 10.1. The summed E-state index contributed by atoms with van der Waals surface area (Å²) in [5.74, 6) is -0.568. The number of esters is 1. The predicted molar refractivity (Wildman–Crippen MR) is 88.6 cm³/mol. The van der Waals surface area contributed by atoms with Gasteiger partial charge in [-0.05, 0) is 46.1 Å². The van der Waals surface area contributed by atoms with Crippen LogP contribution in [0.3, 0.4) is 0 Å². The van der Waals surface area contributed by atoms with Gasteiger partial charge in [-0.3, -0.25) is 4.79 Å². The molecule has 3 nitrogen and oxygen atoms in total. The van der Waals surface area contributed by atoms with Crippen molar-refractivity contribution in [2.75, 3.05) is 19.0 Å². The summed E-state index contributed by atoms with van der Waals surface area (Å²) in [4.78, 5) is 12.0. The fourth-order valence-corrected chi connectivity index (χ4v) is 2.77. The monoisotopic (exact) mass is 347 g/mol. The summed E-state index contributed by atoms with van der Waals surface area (Å²) in [7, 11) is 1.42. The van der Waals surface area contributed by atoms with Crippen LogP contribution in [0.4, 0.5) is 5.69 Å². The van der Waals surface area contributed by atoms with Crippen molar-refractivity contribution in [1.29, 1.82) is 0 Å². The molecule has 0 aliphatic carbocycles. The van der Waals surface area contributed by atoms with Gasteiger partial charge in [0.05, 0.1) is 13.0 Å². The predicted octanol–water partition coefficient (Wildman–Crippen LogP) is 4.13. The van der Waals surface area contributed by atoms with E-state index in [9.17, 15) is 4.79 Å². The molecule has 2 rings (SSSR count). The van der Waals surface area contributed by atoms with Crippen molar-refractivity contribution in [2.45, 2.75) is 12.8 Å². The van der Waals surface area contributed by atoms with Crippen LogP contribution in [0.25, 0.3) is 0 Å². The summed E-state index contributed by atoms with van der Waals surface area (Å²) in [5.41, 5.74) is 3.09. The number of methoxy groups -OCH3 is 1. The molecule has 1 N–H and O–H groups in total. The van der Waals surface area contributed by atoms with Crippen molar-refractivity contribution in [3.63, 3.8) is 0 Å². The zero-order chi connectivity index (χ0) is 15.2. The maximum atomic E-state index is 12.0. The van der Waals surface area contributed by atoms with Crippen molar-refractivity contribution in [3.8, 4) is 0 Å². The van der Waals surface area contributed by atoms with E-state index in [0.29, 0.717) is 6.54 Å². The fourth-order valence-electron chi connectivity index (χ4n) is 2.14. The molecule has 110 valence electrons. The normalized spacial score (nSPS) is 11.8. The molecular weight excluding hydrogens is 330 g/mol. The molecule has 21 heavy (non-hydrogen) atoms. The molecule has 4 heteroatoms. The molecule has 0 aliphatic heterocycles. The summed E-state index contributed by atoms with van der Waals surface area (Å²) < 4.78 is 5.90. The molecule has 0 saturated carbocycles. The van der Waals surface area contributed by atoms with Crippen LogP contribution < -0.4 is 5.32 Å². The van der Waals surface area contributed by atoms with Crippen molar-refractivity contribution >= 4 is 27.6 Å². The Balaban J connectivity index is 2.15. The van der Waals surface area contributed by atoms with Gasteiger partial charge >= 0.3 is 5.97 Å². The van der Waals surface area contributed by atoms with E-state index in [1.165, 1.54) is 12.7 Å². The van der Waals surface area contributed by atoms with Crippen LogP contribution in [-0.4, -0.2) is 19.6 Å². The summed E-state index contributed by atoms with van der Waals surface area (Å²) in [6, 6.07) is 15.7. The lowest BCUT2D eigenvalue weighted by Gasteiger charge is -2.17. The van der Waals surface area contributed by atoms with Gasteiger partial charge in [-0.1, -0.05) is 36.4 Å². The molecular formula is C17H18BrNO2. The minimum Gasteiger partial charge on any atom is -0.468 e. The Morgan fingerprint density at radius 1 is 1.24 bits per heavy atom. The minimum atomic E-state index is -0.329. The zero-order valence-corrected chi connectivity index (χ0v) is 13.7. The highest BCUT2D eigenvalue weighted by Gasteiger charge is 2.21. The van der Waals surface area contributed by atoms with Crippen LogP contribution >= 0.6 is 15.9 Å². The Hall–Kier alpha value is -1.81. The molecule has 1 unspecified atom stereocenters. The molecule has 0 fully saturated rings. The molecule has 0 bridgehead atoms. The number of nitrogens with one attached hydrogen (secondary N) is 1. The van der Waals surface area contributed by atoms with Gasteiger partial charge in [0.1, 0.15) is 0 Å². The third kappa shape index (κ3) is 4.08. The molecule has 0 heterocycles. The third-order valence-corrected chi connectivity index (χ3v) is 3.96. The van der Waals surface area contributed by atoms with Crippen molar-refractivity contribution < 1.29 is 9.53 Å². The highest BCUT2D eigenvalue weighted by Crippen LogP contribution is 2.25. The molecule has 1 atom stereocenters. The van der Waals surface area contributed by atoms with Gasteiger partial charge < -0.3 is 10.1 Å². The van der Waals surface area contributed by atoms with Gasteiger partial charge in [0.25, 0.3) is 0 Å². The van der Waals surface area contributed by atoms with Gasteiger partial charge in [-0.15, -0.1) is 0 Å². The van der Waals surface area contributed by atoms with Crippen LogP contribution in [-0.2, 0) is 9.53 Å². The zero-order valence-electron chi connectivity index (χ0n) is 12.1. The number of anilines is 1. The molecule has 0 aromatic heterocycles. The quantitative estimate of drug-likeness (QED) is 0.826. The Morgan fingerprint density at radius 2 is 1.95 bits per heavy atom. The summed E-state index contributed by atoms with van der Waals surface area (Å²) in [5, 5.41) is 3.31. The van der Waals surface area contributed by atoms with E-state index in [4.69, 9.17) is 4.74 Å². The molecule has 0 spiro atoms. The number of halogens is 1. The van der Waals surface area contributed by atoms with Crippen molar-refractivity contribution in [2.24, 2.45) is 0 Å². The molecule has 0 aliphatic rings. The number of benzene rings is 2. The van der Waals surface area contributed by atoms with Gasteiger partial charge in [-0.25, -0.2) is 0 Å². The largest absolute Gasteiger partial charge is 0.468 e.